The standard InChI is InChI=1S/C13H13ClN4O/c1-3-4-8-5-9(14)6-10-11(8)17(2)13(19)12-16-15-7-18(10)12/h5-7H,3-4H2,1-2H3. The molecule has 0 amide bonds. The van der Waals surface area contributed by atoms with E-state index in [1.54, 1.807) is 22.3 Å². The lowest BCUT2D eigenvalue weighted by Crippen LogP contribution is -2.21. The lowest BCUT2D eigenvalue weighted by atomic mass is 10.1. The highest BCUT2D eigenvalue weighted by atomic mass is 35.5. The summed E-state index contributed by atoms with van der Waals surface area (Å²) in [5.74, 6) is 0. The minimum Gasteiger partial charge on any atom is -0.306 e. The Morgan fingerprint density at radius 1 is 1.37 bits per heavy atom. The van der Waals surface area contributed by atoms with Crippen molar-refractivity contribution in [3.05, 3.63) is 39.4 Å². The van der Waals surface area contributed by atoms with Crippen LogP contribution < -0.4 is 5.56 Å². The van der Waals surface area contributed by atoms with Crippen LogP contribution in [0.2, 0.25) is 5.02 Å². The third-order valence-electron chi connectivity index (χ3n) is 3.29. The van der Waals surface area contributed by atoms with E-state index in [0.29, 0.717) is 10.7 Å². The number of aromatic nitrogens is 4. The molecule has 0 aliphatic rings. The molecule has 0 unspecified atom stereocenters. The number of nitrogens with zero attached hydrogens (tertiary/aromatic N) is 4. The van der Waals surface area contributed by atoms with E-state index in [1.807, 2.05) is 12.1 Å². The maximum atomic E-state index is 12.3. The number of fused-ring (bicyclic) bond motifs is 3. The van der Waals surface area contributed by atoms with Gasteiger partial charge in [-0.15, -0.1) is 10.2 Å². The van der Waals surface area contributed by atoms with Crippen molar-refractivity contribution in [1.29, 1.82) is 0 Å². The van der Waals surface area contributed by atoms with Gasteiger partial charge in [0, 0.05) is 12.1 Å². The number of aryl methyl sites for hydroxylation is 2. The van der Waals surface area contributed by atoms with E-state index in [0.717, 1.165) is 29.4 Å². The Morgan fingerprint density at radius 2 is 2.16 bits per heavy atom. The van der Waals surface area contributed by atoms with Crippen molar-refractivity contribution in [2.45, 2.75) is 19.8 Å². The van der Waals surface area contributed by atoms with Gasteiger partial charge in [0.2, 0.25) is 5.65 Å². The molecule has 0 bridgehead atoms. The van der Waals surface area contributed by atoms with Gasteiger partial charge in [0.05, 0.1) is 11.0 Å². The van der Waals surface area contributed by atoms with Gasteiger partial charge in [0.1, 0.15) is 6.33 Å². The fourth-order valence-corrected chi connectivity index (χ4v) is 2.71. The molecule has 98 valence electrons. The first-order valence-electron chi connectivity index (χ1n) is 6.14. The van der Waals surface area contributed by atoms with Crippen LogP contribution in [0.5, 0.6) is 0 Å². The first-order valence-corrected chi connectivity index (χ1v) is 6.52. The van der Waals surface area contributed by atoms with E-state index < -0.39 is 0 Å². The Hall–Kier alpha value is -1.88. The van der Waals surface area contributed by atoms with Crippen LogP contribution in [0, 0.1) is 0 Å². The molecule has 6 heteroatoms. The summed E-state index contributed by atoms with van der Waals surface area (Å²) in [6.07, 6.45) is 3.41. The van der Waals surface area contributed by atoms with Crippen LogP contribution in [0.4, 0.5) is 0 Å². The van der Waals surface area contributed by atoms with E-state index in [4.69, 9.17) is 11.6 Å². The van der Waals surface area contributed by atoms with Crippen LogP contribution in [0.15, 0.2) is 23.3 Å². The number of hydrogen-bond acceptors (Lipinski definition) is 3. The van der Waals surface area contributed by atoms with Gasteiger partial charge in [-0.3, -0.25) is 9.20 Å². The van der Waals surface area contributed by atoms with E-state index in [-0.39, 0.29) is 5.56 Å². The molecule has 2 aromatic heterocycles. The van der Waals surface area contributed by atoms with Crippen molar-refractivity contribution in [2.75, 3.05) is 0 Å². The Balaban J connectivity index is 2.59. The zero-order chi connectivity index (χ0) is 13.6. The minimum atomic E-state index is -0.148. The molecule has 5 nitrogen and oxygen atoms in total. The molecule has 3 rings (SSSR count). The quantitative estimate of drug-likeness (QED) is 0.721. The van der Waals surface area contributed by atoms with Crippen molar-refractivity contribution in [3.8, 4) is 0 Å². The normalized spacial score (nSPS) is 11.5. The Bertz CT molecular complexity index is 834. The average Bonchev–Trinajstić information content (AvgIpc) is 2.85. The van der Waals surface area contributed by atoms with Crippen LogP contribution >= 0.6 is 11.6 Å². The van der Waals surface area contributed by atoms with Crippen molar-refractivity contribution in [2.24, 2.45) is 7.05 Å². The van der Waals surface area contributed by atoms with Crippen molar-refractivity contribution in [1.82, 2.24) is 19.2 Å². The van der Waals surface area contributed by atoms with Crippen LogP contribution in [-0.4, -0.2) is 19.2 Å². The predicted molar refractivity (Wildman–Crippen MR) is 74.7 cm³/mol. The topological polar surface area (TPSA) is 52.2 Å². The number of rotatable bonds is 2. The van der Waals surface area contributed by atoms with Crippen molar-refractivity contribution >= 4 is 28.3 Å². The zero-order valence-electron chi connectivity index (χ0n) is 10.7. The number of halogens is 1. The molecular formula is C13H13ClN4O. The molecule has 2 heterocycles. The second-order valence-corrected chi connectivity index (χ2v) is 5.01. The third kappa shape index (κ3) is 1.73. The maximum absolute atomic E-state index is 12.3. The summed E-state index contributed by atoms with van der Waals surface area (Å²) in [6, 6.07) is 3.76. The number of hydrogen-bond donors (Lipinski definition) is 0. The van der Waals surface area contributed by atoms with Gasteiger partial charge in [-0.25, -0.2) is 0 Å². The molecule has 0 atom stereocenters. The van der Waals surface area contributed by atoms with E-state index in [9.17, 15) is 4.79 Å². The van der Waals surface area contributed by atoms with E-state index in [2.05, 4.69) is 17.1 Å². The van der Waals surface area contributed by atoms with Crippen molar-refractivity contribution < 1.29 is 0 Å². The lowest BCUT2D eigenvalue weighted by Gasteiger charge is -2.12. The minimum absolute atomic E-state index is 0.148. The summed E-state index contributed by atoms with van der Waals surface area (Å²) in [6.45, 7) is 2.10. The predicted octanol–water partition coefficient (Wildman–Crippen LogP) is 2.19. The highest BCUT2D eigenvalue weighted by molar-refractivity contribution is 6.31. The molecule has 0 spiro atoms. The molecule has 0 aliphatic carbocycles. The van der Waals surface area contributed by atoms with Crippen LogP contribution in [0.1, 0.15) is 18.9 Å². The molecule has 3 aromatic rings. The molecule has 0 fully saturated rings. The Labute approximate surface area is 114 Å². The van der Waals surface area contributed by atoms with Gasteiger partial charge in [-0.1, -0.05) is 24.9 Å². The summed E-state index contributed by atoms with van der Waals surface area (Å²) in [7, 11) is 1.76. The largest absolute Gasteiger partial charge is 0.306 e. The molecule has 0 aliphatic heterocycles. The van der Waals surface area contributed by atoms with Crippen molar-refractivity contribution in [3.63, 3.8) is 0 Å². The van der Waals surface area contributed by atoms with E-state index >= 15 is 0 Å². The van der Waals surface area contributed by atoms with Gasteiger partial charge in [-0.2, -0.15) is 0 Å². The third-order valence-corrected chi connectivity index (χ3v) is 3.51. The first kappa shape index (κ1) is 12.2. The molecule has 1 aromatic carbocycles. The Kier molecular flexibility index (Phi) is 2.78. The molecule has 0 saturated heterocycles. The summed E-state index contributed by atoms with van der Waals surface area (Å²) in [5.41, 5.74) is 2.99. The van der Waals surface area contributed by atoms with Gasteiger partial charge in [0.15, 0.2) is 0 Å². The highest BCUT2D eigenvalue weighted by Gasteiger charge is 2.13. The average molecular weight is 277 g/mol. The summed E-state index contributed by atoms with van der Waals surface area (Å²) in [4.78, 5) is 12.3. The van der Waals surface area contributed by atoms with Gasteiger partial charge >= 0.3 is 0 Å². The van der Waals surface area contributed by atoms with Crippen LogP contribution in [0.25, 0.3) is 16.7 Å². The fourth-order valence-electron chi connectivity index (χ4n) is 2.48. The monoisotopic (exact) mass is 276 g/mol. The molecule has 0 radical (unpaired) electrons. The molecular weight excluding hydrogens is 264 g/mol. The molecule has 0 saturated carbocycles. The molecule has 19 heavy (non-hydrogen) atoms. The summed E-state index contributed by atoms with van der Waals surface area (Å²) in [5, 5.41) is 8.34. The van der Waals surface area contributed by atoms with E-state index in [1.165, 1.54) is 0 Å². The maximum Gasteiger partial charge on any atom is 0.296 e. The summed E-state index contributed by atoms with van der Waals surface area (Å²) >= 11 is 6.18. The number of benzene rings is 1. The SMILES string of the molecule is CCCc1cc(Cl)cc2c1n(C)c(=O)c1nncn12. The second-order valence-electron chi connectivity index (χ2n) is 4.57. The second kappa shape index (κ2) is 4.35. The van der Waals surface area contributed by atoms with Crippen LogP contribution in [-0.2, 0) is 13.5 Å². The fraction of sp³-hybridized carbons (Fsp3) is 0.308. The van der Waals surface area contributed by atoms with Crippen LogP contribution in [0.3, 0.4) is 0 Å². The zero-order valence-corrected chi connectivity index (χ0v) is 11.5. The summed E-state index contributed by atoms with van der Waals surface area (Å²) < 4.78 is 3.32. The lowest BCUT2D eigenvalue weighted by molar-refractivity contribution is 0.865. The first-order chi connectivity index (χ1) is 9.13. The van der Waals surface area contributed by atoms with Gasteiger partial charge < -0.3 is 4.57 Å². The van der Waals surface area contributed by atoms with Gasteiger partial charge in [0.25, 0.3) is 5.56 Å². The van der Waals surface area contributed by atoms with Gasteiger partial charge in [-0.05, 0) is 24.1 Å². The Morgan fingerprint density at radius 3 is 2.89 bits per heavy atom. The smallest absolute Gasteiger partial charge is 0.296 e. The molecule has 0 N–H and O–H groups in total. The highest BCUT2D eigenvalue weighted by Crippen LogP contribution is 2.24.